The Labute approximate surface area is 68.9 Å². The van der Waals surface area contributed by atoms with E-state index < -0.39 is 11.5 Å². The van der Waals surface area contributed by atoms with Gasteiger partial charge in [-0.1, -0.05) is 0 Å². The van der Waals surface area contributed by atoms with Gasteiger partial charge in [-0.15, -0.1) is 11.8 Å². The highest BCUT2D eigenvalue weighted by molar-refractivity contribution is 8.00. The predicted molar refractivity (Wildman–Crippen MR) is 41.5 cm³/mol. The number of aliphatic carboxylic acids is 1. The lowest BCUT2D eigenvalue weighted by atomic mass is 10.5. The number of carboxylic acid groups (broad SMARTS) is 1. The Morgan fingerprint density at radius 2 is 2.45 bits per heavy atom. The highest BCUT2D eigenvalue weighted by atomic mass is 32.2. The molecule has 3 nitrogen and oxygen atoms in total. The minimum Gasteiger partial charge on any atom is -0.478 e. The Kier molecular flexibility index (Phi) is 6.25. The molecule has 0 saturated heterocycles. The molecule has 0 aliphatic heterocycles. The molecule has 11 heavy (non-hydrogen) atoms. The van der Waals surface area contributed by atoms with E-state index in [-0.39, 0.29) is 0 Å². The molecule has 1 unspecified atom stereocenters. The van der Waals surface area contributed by atoms with Crippen LogP contribution in [-0.4, -0.2) is 36.0 Å². The lowest BCUT2D eigenvalue weighted by Gasteiger charge is -2.01. The van der Waals surface area contributed by atoms with Crippen LogP contribution in [0, 0.1) is 0 Å². The third-order valence-corrected chi connectivity index (χ3v) is 1.97. The molecular weight excluding hydrogens is 171 g/mol. The first kappa shape index (κ1) is 10.7. The van der Waals surface area contributed by atoms with Crippen LogP contribution in [0.2, 0.25) is 0 Å². The second-order valence-electron chi connectivity index (χ2n) is 1.87. The van der Waals surface area contributed by atoms with Gasteiger partial charge < -0.3 is 9.84 Å². The molecule has 0 aromatic rings. The average Bonchev–Trinajstić information content (AvgIpc) is 1.97. The third-order valence-electron chi connectivity index (χ3n) is 0.951. The van der Waals surface area contributed by atoms with Gasteiger partial charge in [-0.2, -0.15) is 0 Å². The molecule has 0 saturated carbocycles. The fourth-order valence-electron chi connectivity index (χ4n) is 0.461. The van der Waals surface area contributed by atoms with Crippen molar-refractivity contribution in [1.82, 2.24) is 0 Å². The lowest BCUT2D eigenvalue weighted by Crippen LogP contribution is -2.10. The van der Waals surface area contributed by atoms with Gasteiger partial charge >= 0.3 is 5.97 Å². The smallest absolute Gasteiger partial charge is 0.348 e. The molecule has 66 valence electrons. The van der Waals surface area contributed by atoms with E-state index in [9.17, 15) is 9.18 Å². The van der Waals surface area contributed by atoms with E-state index in [1.165, 1.54) is 0 Å². The number of carboxylic acids is 1. The van der Waals surface area contributed by atoms with Crippen LogP contribution in [0.1, 0.15) is 6.42 Å². The number of alkyl halides is 1. The molecule has 0 aromatic heterocycles. The van der Waals surface area contributed by atoms with Gasteiger partial charge in [0.25, 0.3) is 0 Å². The zero-order chi connectivity index (χ0) is 8.69. The molecule has 0 rings (SSSR count). The maximum atomic E-state index is 12.3. The summed E-state index contributed by atoms with van der Waals surface area (Å²) in [6, 6.07) is 0. The molecule has 0 fully saturated rings. The summed E-state index contributed by atoms with van der Waals surface area (Å²) in [6.07, 6.45) is 0.675. The topological polar surface area (TPSA) is 46.5 Å². The molecule has 0 heterocycles. The number of thioether (sulfide) groups is 1. The van der Waals surface area contributed by atoms with E-state index in [1.807, 2.05) is 0 Å². The molecule has 0 aliphatic carbocycles. The second kappa shape index (κ2) is 6.42. The standard InChI is InChI=1S/C6H11FO3S/c1-10-3-2-4-11-5(7)6(8)9/h5H,2-4H2,1H3,(H,8,9). The van der Waals surface area contributed by atoms with Crippen molar-refractivity contribution in [2.45, 2.75) is 11.9 Å². The van der Waals surface area contributed by atoms with Gasteiger partial charge in [-0.25, -0.2) is 9.18 Å². The predicted octanol–water partition coefficient (Wildman–Crippen LogP) is 1.14. The summed E-state index contributed by atoms with van der Waals surface area (Å²) >= 11 is 0.778. The molecular formula is C6H11FO3S. The molecule has 0 spiro atoms. The minimum absolute atomic E-state index is 0.474. The number of rotatable bonds is 6. The van der Waals surface area contributed by atoms with Gasteiger partial charge in [0.05, 0.1) is 0 Å². The molecule has 1 atom stereocenters. The van der Waals surface area contributed by atoms with E-state index in [4.69, 9.17) is 9.84 Å². The van der Waals surface area contributed by atoms with E-state index in [2.05, 4.69) is 0 Å². The van der Waals surface area contributed by atoms with Gasteiger partial charge in [-0.05, 0) is 12.2 Å². The Balaban J connectivity index is 3.17. The van der Waals surface area contributed by atoms with E-state index in [0.717, 1.165) is 11.8 Å². The van der Waals surface area contributed by atoms with Crippen LogP contribution in [0.3, 0.4) is 0 Å². The van der Waals surface area contributed by atoms with Gasteiger partial charge in [0.1, 0.15) is 0 Å². The fourth-order valence-corrected chi connectivity index (χ4v) is 1.10. The number of hydrogen-bond donors (Lipinski definition) is 1. The number of methoxy groups -OCH3 is 1. The number of halogens is 1. The van der Waals surface area contributed by atoms with Gasteiger partial charge in [0, 0.05) is 13.7 Å². The molecule has 1 N–H and O–H groups in total. The summed E-state index contributed by atoms with van der Waals surface area (Å²) in [6.45, 7) is 0.541. The van der Waals surface area contributed by atoms with Crippen molar-refractivity contribution in [2.75, 3.05) is 19.5 Å². The van der Waals surface area contributed by atoms with Crippen molar-refractivity contribution < 1.29 is 19.0 Å². The second-order valence-corrected chi connectivity index (χ2v) is 3.03. The summed E-state index contributed by atoms with van der Waals surface area (Å²) in [5, 5.41) is 8.11. The highest BCUT2D eigenvalue weighted by Gasteiger charge is 2.14. The van der Waals surface area contributed by atoms with Gasteiger partial charge in [0.15, 0.2) is 0 Å². The Morgan fingerprint density at radius 1 is 1.82 bits per heavy atom. The van der Waals surface area contributed by atoms with Crippen LogP contribution >= 0.6 is 11.8 Å². The van der Waals surface area contributed by atoms with Crippen LogP contribution in [0.5, 0.6) is 0 Å². The molecule has 0 bridgehead atoms. The molecule has 0 amide bonds. The zero-order valence-corrected chi connectivity index (χ0v) is 7.07. The number of carbonyl (C=O) groups is 1. The van der Waals surface area contributed by atoms with Crippen LogP contribution in [0.15, 0.2) is 0 Å². The maximum Gasteiger partial charge on any atom is 0.348 e. The van der Waals surface area contributed by atoms with Crippen LogP contribution in [0.4, 0.5) is 4.39 Å². The largest absolute Gasteiger partial charge is 0.478 e. The lowest BCUT2D eigenvalue weighted by molar-refractivity contribution is -0.139. The first-order valence-electron chi connectivity index (χ1n) is 3.16. The van der Waals surface area contributed by atoms with Crippen LogP contribution in [-0.2, 0) is 9.53 Å². The quantitative estimate of drug-likeness (QED) is 0.626. The van der Waals surface area contributed by atoms with Crippen LogP contribution in [0.25, 0.3) is 0 Å². The SMILES string of the molecule is COCCCSC(F)C(=O)O. The van der Waals surface area contributed by atoms with E-state index >= 15 is 0 Å². The third kappa shape index (κ3) is 6.12. The van der Waals surface area contributed by atoms with Crippen molar-refractivity contribution >= 4 is 17.7 Å². The molecule has 0 aromatic carbocycles. The van der Waals surface area contributed by atoms with E-state index in [1.54, 1.807) is 7.11 Å². The Bertz CT molecular complexity index is 120. The first-order valence-corrected chi connectivity index (χ1v) is 4.20. The molecule has 0 aliphatic rings. The highest BCUT2D eigenvalue weighted by Crippen LogP contribution is 2.13. The summed E-state index contributed by atoms with van der Waals surface area (Å²) in [5.74, 6) is -0.936. The summed E-state index contributed by atoms with van der Waals surface area (Å²) in [7, 11) is 1.55. The van der Waals surface area contributed by atoms with Gasteiger partial charge in [0.2, 0.25) is 5.50 Å². The van der Waals surface area contributed by atoms with Crippen LogP contribution < -0.4 is 0 Å². The van der Waals surface area contributed by atoms with Crippen molar-refractivity contribution in [3.05, 3.63) is 0 Å². The van der Waals surface area contributed by atoms with Crippen molar-refractivity contribution in [3.8, 4) is 0 Å². The maximum absolute atomic E-state index is 12.3. The van der Waals surface area contributed by atoms with Crippen molar-refractivity contribution in [1.29, 1.82) is 0 Å². The summed E-state index contributed by atoms with van der Waals surface area (Å²) < 4.78 is 17.0. The van der Waals surface area contributed by atoms with Crippen molar-refractivity contribution in [2.24, 2.45) is 0 Å². The minimum atomic E-state index is -1.80. The molecule has 5 heteroatoms. The summed E-state index contributed by atoms with van der Waals surface area (Å²) in [5.41, 5.74) is -1.80. The molecule has 0 radical (unpaired) electrons. The first-order chi connectivity index (χ1) is 5.18. The zero-order valence-electron chi connectivity index (χ0n) is 6.25. The van der Waals surface area contributed by atoms with E-state index in [0.29, 0.717) is 18.8 Å². The normalized spacial score (nSPS) is 12.9. The Morgan fingerprint density at radius 3 is 2.91 bits per heavy atom. The fraction of sp³-hybridized carbons (Fsp3) is 0.833. The number of ether oxygens (including phenoxy) is 1. The van der Waals surface area contributed by atoms with Gasteiger partial charge in [-0.3, -0.25) is 0 Å². The number of hydrogen-bond acceptors (Lipinski definition) is 3. The Hall–Kier alpha value is -0.290. The monoisotopic (exact) mass is 182 g/mol. The average molecular weight is 182 g/mol. The van der Waals surface area contributed by atoms with Crippen molar-refractivity contribution in [3.63, 3.8) is 0 Å². The summed E-state index contributed by atoms with van der Waals surface area (Å²) in [4.78, 5) is 9.94.